The van der Waals surface area contributed by atoms with Crippen LogP contribution in [0.3, 0.4) is 0 Å². The number of carbonyl (C=O) groups excluding carboxylic acids is 2. The zero-order valence-electron chi connectivity index (χ0n) is 10.4. The predicted octanol–water partition coefficient (Wildman–Crippen LogP) is 1.09. The van der Waals surface area contributed by atoms with Gasteiger partial charge in [0, 0.05) is 18.6 Å². The van der Waals surface area contributed by atoms with Gasteiger partial charge in [0.05, 0.1) is 6.61 Å². The van der Waals surface area contributed by atoms with Crippen LogP contribution in [0.25, 0.3) is 0 Å². The molecule has 0 aromatic carbocycles. The number of rotatable bonds is 1. The summed E-state index contributed by atoms with van der Waals surface area (Å²) in [6.45, 7) is 9.30. The Bertz CT molecular complexity index is 283. The predicted molar refractivity (Wildman–Crippen MR) is 60.1 cm³/mol. The molecule has 1 aliphatic rings. The second-order valence-corrected chi connectivity index (χ2v) is 4.84. The Kier molecular flexibility index (Phi) is 3.78. The molecule has 16 heavy (non-hydrogen) atoms. The van der Waals surface area contributed by atoms with Gasteiger partial charge < -0.3 is 9.64 Å². The molecule has 0 radical (unpaired) electrons. The first-order valence-corrected chi connectivity index (χ1v) is 5.58. The topological polar surface area (TPSA) is 49.9 Å². The molecule has 2 amide bonds. The normalized spacial score (nSPS) is 17.6. The lowest BCUT2D eigenvalue weighted by molar-refractivity contribution is -0.140. The van der Waals surface area contributed by atoms with E-state index in [1.165, 1.54) is 4.90 Å². The maximum absolute atomic E-state index is 11.8. The zero-order chi connectivity index (χ0) is 12.3. The number of ether oxygens (including phenoxy) is 1. The van der Waals surface area contributed by atoms with Crippen LogP contribution in [0.4, 0.5) is 4.79 Å². The molecule has 0 aliphatic carbocycles. The van der Waals surface area contributed by atoms with Crippen LogP contribution in [0.5, 0.6) is 0 Å². The largest absolute Gasteiger partial charge is 0.450 e. The van der Waals surface area contributed by atoms with Crippen LogP contribution in [0.1, 0.15) is 27.7 Å². The van der Waals surface area contributed by atoms with Crippen LogP contribution in [0.2, 0.25) is 0 Å². The van der Waals surface area contributed by atoms with Crippen LogP contribution in [0.15, 0.2) is 0 Å². The molecule has 0 aromatic rings. The van der Waals surface area contributed by atoms with E-state index in [0.717, 1.165) is 0 Å². The number of piperazine rings is 1. The van der Waals surface area contributed by atoms with Gasteiger partial charge in [-0.2, -0.15) is 0 Å². The van der Waals surface area contributed by atoms with Gasteiger partial charge in [-0.05, 0) is 27.7 Å². The highest BCUT2D eigenvalue weighted by molar-refractivity contribution is 5.84. The fraction of sp³-hybridized carbons (Fsp3) is 0.818. The molecule has 1 rings (SSSR count). The zero-order valence-corrected chi connectivity index (χ0v) is 10.4. The molecule has 0 N–H and O–H groups in total. The fourth-order valence-corrected chi connectivity index (χ4v) is 1.75. The Balaban J connectivity index is 2.59. The first-order chi connectivity index (χ1) is 7.36. The number of amides is 2. The summed E-state index contributed by atoms with van der Waals surface area (Å²) in [7, 11) is 0. The van der Waals surface area contributed by atoms with Crippen molar-refractivity contribution >= 4 is 12.0 Å². The second kappa shape index (κ2) is 4.72. The molecule has 1 saturated heterocycles. The number of nitrogens with zero attached hydrogens (tertiary/aromatic N) is 2. The lowest BCUT2D eigenvalue weighted by Crippen LogP contribution is -2.58. The average Bonchev–Trinajstić information content (AvgIpc) is 2.16. The third-order valence-corrected chi connectivity index (χ3v) is 2.56. The van der Waals surface area contributed by atoms with Gasteiger partial charge in [0.2, 0.25) is 5.91 Å². The van der Waals surface area contributed by atoms with Crippen molar-refractivity contribution in [2.24, 2.45) is 0 Å². The SMILES string of the molecule is CCOC(=O)N1CCN(C(C)(C)C)C(=O)C1. The van der Waals surface area contributed by atoms with Crippen molar-refractivity contribution in [1.82, 2.24) is 9.80 Å². The summed E-state index contributed by atoms with van der Waals surface area (Å²) in [6.07, 6.45) is -0.399. The average molecular weight is 228 g/mol. The van der Waals surface area contributed by atoms with Crippen molar-refractivity contribution in [3.8, 4) is 0 Å². The molecule has 0 unspecified atom stereocenters. The summed E-state index contributed by atoms with van der Waals surface area (Å²) in [4.78, 5) is 26.5. The smallest absolute Gasteiger partial charge is 0.410 e. The van der Waals surface area contributed by atoms with E-state index in [9.17, 15) is 9.59 Å². The molecule has 0 saturated carbocycles. The van der Waals surface area contributed by atoms with Gasteiger partial charge in [-0.3, -0.25) is 9.69 Å². The summed E-state index contributed by atoms with van der Waals surface area (Å²) in [5, 5.41) is 0. The maximum atomic E-state index is 11.8. The summed E-state index contributed by atoms with van der Waals surface area (Å²) in [6, 6.07) is 0. The van der Waals surface area contributed by atoms with E-state index in [1.54, 1.807) is 11.8 Å². The molecule has 1 fully saturated rings. The van der Waals surface area contributed by atoms with Gasteiger partial charge in [-0.1, -0.05) is 0 Å². The van der Waals surface area contributed by atoms with E-state index < -0.39 is 6.09 Å². The highest BCUT2D eigenvalue weighted by Gasteiger charge is 2.33. The third kappa shape index (κ3) is 2.87. The monoisotopic (exact) mass is 228 g/mol. The summed E-state index contributed by atoms with van der Waals surface area (Å²) in [5.41, 5.74) is -0.183. The van der Waals surface area contributed by atoms with E-state index in [-0.39, 0.29) is 18.0 Å². The first kappa shape index (κ1) is 12.8. The van der Waals surface area contributed by atoms with Crippen LogP contribution in [-0.2, 0) is 9.53 Å². The molecule has 5 heteroatoms. The molecular weight excluding hydrogens is 208 g/mol. The highest BCUT2D eigenvalue weighted by atomic mass is 16.6. The van der Waals surface area contributed by atoms with Crippen molar-refractivity contribution in [3.05, 3.63) is 0 Å². The van der Waals surface area contributed by atoms with E-state index in [4.69, 9.17) is 4.74 Å². The number of carbonyl (C=O) groups is 2. The quantitative estimate of drug-likeness (QED) is 0.675. The molecule has 0 bridgehead atoms. The minimum absolute atomic E-state index is 0.0215. The Labute approximate surface area is 96.3 Å². The minimum atomic E-state index is -0.399. The highest BCUT2D eigenvalue weighted by Crippen LogP contribution is 2.17. The Morgan fingerprint density at radius 3 is 2.44 bits per heavy atom. The van der Waals surface area contributed by atoms with Crippen molar-refractivity contribution in [1.29, 1.82) is 0 Å². The molecule has 0 spiro atoms. The molecule has 0 atom stereocenters. The Morgan fingerprint density at radius 2 is 2.00 bits per heavy atom. The maximum Gasteiger partial charge on any atom is 0.410 e. The Morgan fingerprint density at radius 1 is 1.38 bits per heavy atom. The molecule has 1 heterocycles. The van der Waals surface area contributed by atoms with Gasteiger partial charge in [0.25, 0.3) is 0 Å². The van der Waals surface area contributed by atoms with E-state index in [1.807, 2.05) is 20.8 Å². The fourth-order valence-electron chi connectivity index (χ4n) is 1.75. The van der Waals surface area contributed by atoms with Crippen molar-refractivity contribution in [3.63, 3.8) is 0 Å². The second-order valence-electron chi connectivity index (χ2n) is 4.84. The third-order valence-electron chi connectivity index (χ3n) is 2.56. The summed E-state index contributed by atoms with van der Waals surface area (Å²) in [5.74, 6) is -0.0215. The molecular formula is C11H20N2O3. The number of hydrogen-bond acceptors (Lipinski definition) is 3. The molecule has 0 aromatic heterocycles. The van der Waals surface area contributed by atoms with Crippen LogP contribution < -0.4 is 0 Å². The standard InChI is InChI=1S/C11H20N2O3/c1-5-16-10(15)12-6-7-13(9(14)8-12)11(2,3)4/h5-8H2,1-4H3. The summed E-state index contributed by atoms with van der Waals surface area (Å²) < 4.78 is 4.87. The van der Waals surface area contributed by atoms with Crippen LogP contribution >= 0.6 is 0 Å². The molecule has 5 nitrogen and oxygen atoms in total. The summed E-state index contributed by atoms with van der Waals surface area (Å²) >= 11 is 0. The van der Waals surface area contributed by atoms with Crippen molar-refractivity contribution in [2.45, 2.75) is 33.2 Å². The van der Waals surface area contributed by atoms with Crippen LogP contribution in [-0.4, -0.2) is 53.6 Å². The minimum Gasteiger partial charge on any atom is -0.450 e. The van der Waals surface area contributed by atoms with Gasteiger partial charge in [0.1, 0.15) is 6.54 Å². The van der Waals surface area contributed by atoms with Gasteiger partial charge >= 0.3 is 6.09 Å². The lowest BCUT2D eigenvalue weighted by Gasteiger charge is -2.41. The van der Waals surface area contributed by atoms with E-state index in [0.29, 0.717) is 19.7 Å². The Hall–Kier alpha value is -1.26. The van der Waals surface area contributed by atoms with Gasteiger partial charge in [0.15, 0.2) is 0 Å². The number of hydrogen-bond donors (Lipinski definition) is 0. The van der Waals surface area contributed by atoms with E-state index >= 15 is 0 Å². The van der Waals surface area contributed by atoms with Gasteiger partial charge in [-0.15, -0.1) is 0 Å². The molecule has 92 valence electrons. The first-order valence-electron chi connectivity index (χ1n) is 5.58. The van der Waals surface area contributed by atoms with Crippen molar-refractivity contribution in [2.75, 3.05) is 26.2 Å². The van der Waals surface area contributed by atoms with Gasteiger partial charge in [-0.25, -0.2) is 4.79 Å². The molecule has 1 aliphatic heterocycles. The van der Waals surface area contributed by atoms with Crippen LogP contribution in [0, 0.1) is 0 Å². The lowest BCUT2D eigenvalue weighted by atomic mass is 10.0. The van der Waals surface area contributed by atoms with E-state index in [2.05, 4.69) is 0 Å². The van der Waals surface area contributed by atoms with Crippen molar-refractivity contribution < 1.29 is 14.3 Å².